The topological polar surface area (TPSA) is 55.1 Å². The minimum absolute atomic E-state index is 0.110. The molecule has 0 aliphatic carbocycles. The Morgan fingerprint density at radius 2 is 1.67 bits per heavy atom. The van der Waals surface area contributed by atoms with Gasteiger partial charge in [0.05, 0.1) is 11.7 Å². The molecule has 2 rings (SSSR count). The van der Waals surface area contributed by atoms with E-state index in [9.17, 15) is 4.79 Å². The van der Waals surface area contributed by atoms with E-state index in [0.29, 0.717) is 0 Å². The molecule has 0 spiro atoms. The number of para-hydroxylation sites is 1. The monoisotopic (exact) mass is 300 g/mol. The first-order chi connectivity index (χ1) is 10.1. The molecular weight excluding hydrogens is 280 g/mol. The number of carbonyl (C=O) groups excluding carboxylic acids is 1. The van der Waals surface area contributed by atoms with E-state index in [1.807, 2.05) is 68.4 Å². The SMILES string of the molecule is CC(C)[C@@H](N)C(=O)Nc1ccccc1Sc1ccccc1. The van der Waals surface area contributed by atoms with Gasteiger partial charge in [0.25, 0.3) is 0 Å². The Labute approximate surface area is 129 Å². The Morgan fingerprint density at radius 1 is 1.05 bits per heavy atom. The smallest absolute Gasteiger partial charge is 0.241 e. The fourth-order valence-electron chi connectivity index (χ4n) is 1.79. The molecule has 1 atom stereocenters. The summed E-state index contributed by atoms with van der Waals surface area (Å²) in [6.07, 6.45) is 0. The highest BCUT2D eigenvalue weighted by Gasteiger charge is 2.18. The van der Waals surface area contributed by atoms with E-state index in [1.165, 1.54) is 0 Å². The van der Waals surface area contributed by atoms with Crippen molar-refractivity contribution >= 4 is 23.4 Å². The van der Waals surface area contributed by atoms with Crippen LogP contribution in [0.2, 0.25) is 0 Å². The normalized spacial score (nSPS) is 12.2. The molecule has 0 heterocycles. The third-order valence-electron chi connectivity index (χ3n) is 3.14. The fourth-order valence-corrected chi connectivity index (χ4v) is 2.72. The molecule has 0 saturated heterocycles. The Hall–Kier alpha value is -1.78. The summed E-state index contributed by atoms with van der Waals surface area (Å²) in [6.45, 7) is 3.88. The zero-order chi connectivity index (χ0) is 15.2. The summed E-state index contributed by atoms with van der Waals surface area (Å²) in [5.41, 5.74) is 6.69. The first-order valence-electron chi connectivity index (χ1n) is 6.96. The largest absolute Gasteiger partial charge is 0.324 e. The number of hydrogen-bond acceptors (Lipinski definition) is 3. The third-order valence-corrected chi connectivity index (χ3v) is 4.22. The molecule has 21 heavy (non-hydrogen) atoms. The van der Waals surface area contributed by atoms with Crippen LogP contribution in [0, 0.1) is 5.92 Å². The summed E-state index contributed by atoms with van der Waals surface area (Å²) in [7, 11) is 0. The predicted molar refractivity (Wildman–Crippen MR) is 88.5 cm³/mol. The molecule has 0 aliphatic rings. The van der Waals surface area contributed by atoms with Crippen molar-refractivity contribution in [1.82, 2.24) is 0 Å². The Bertz CT molecular complexity index is 599. The summed E-state index contributed by atoms with van der Waals surface area (Å²) in [5.74, 6) is -0.0370. The van der Waals surface area contributed by atoms with Crippen molar-refractivity contribution < 1.29 is 4.79 Å². The molecule has 2 aromatic carbocycles. The molecule has 110 valence electrons. The summed E-state index contributed by atoms with van der Waals surface area (Å²) in [6, 6.07) is 17.3. The van der Waals surface area contributed by atoms with Crippen LogP contribution in [0.5, 0.6) is 0 Å². The number of carbonyl (C=O) groups is 1. The Balaban J connectivity index is 2.16. The van der Waals surface area contributed by atoms with Crippen molar-refractivity contribution in [2.24, 2.45) is 11.7 Å². The highest BCUT2D eigenvalue weighted by atomic mass is 32.2. The second kappa shape index (κ2) is 7.29. The zero-order valence-corrected chi connectivity index (χ0v) is 13.1. The molecule has 0 bridgehead atoms. The first kappa shape index (κ1) is 15.6. The van der Waals surface area contributed by atoms with Gasteiger partial charge in [-0.15, -0.1) is 0 Å². The zero-order valence-electron chi connectivity index (χ0n) is 12.2. The predicted octanol–water partition coefficient (Wildman–Crippen LogP) is 3.76. The standard InChI is InChI=1S/C17H20N2OS/c1-12(2)16(18)17(20)19-14-10-6-7-11-15(14)21-13-8-4-3-5-9-13/h3-12,16H,18H2,1-2H3,(H,19,20)/t16-/m1/s1. The maximum atomic E-state index is 12.1. The number of rotatable bonds is 5. The van der Waals surface area contributed by atoms with Gasteiger partial charge in [0, 0.05) is 9.79 Å². The van der Waals surface area contributed by atoms with Gasteiger partial charge < -0.3 is 11.1 Å². The van der Waals surface area contributed by atoms with Crippen LogP contribution in [0.1, 0.15) is 13.8 Å². The van der Waals surface area contributed by atoms with Crippen molar-refractivity contribution in [2.45, 2.75) is 29.7 Å². The molecule has 0 unspecified atom stereocenters. The molecule has 0 radical (unpaired) electrons. The third kappa shape index (κ3) is 4.34. The van der Waals surface area contributed by atoms with Crippen LogP contribution in [0.15, 0.2) is 64.4 Å². The van der Waals surface area contributed by atoms with E-state index < -0.39 is 6.04 Å². The van der Waals surface area contributed by atoms with E-state index in [4.69, 9.17) is 5.73 Å². The quantitative estimate of drug-likeness (QED) is 0.884. The Morgan fingerprint density at radius 3 is 2.33 bits per heavy atom. The molecule has 3 nitrogen and oxygen atoms in total. The fraction of sp³-hybridized carbons (Fsp3) is 0.235. The van der Waals surface area contributed by atoms with Crippen LogP contribution >= 0.6 is 11.8 Å². The average molecular weight is 300 g/mol. The van der Waals surface area contributed by atoms with Crippen molar-refractivity contribution in [3.8, 4) is 0 Å². The molecule has 2 aromatic rings. The summed E-state index contributed by atoms with van der Waals surface area (Å²) < 4.78 is 0. The minimum atomic E-state index is -0.500. The maximum absolute atomic E-state index is 12.1. The average Bonchev–Trinajstić information content (AvgIpc) is 2.49. The van der Waals surface area contributed by atoms with E-state index in [-0.39, 0.29) is 11.8 Å². The molecule has 0 aromatic heterocycles. The summed E-state index contributed by atoms with van der Waals surface area (Å²) >= 11 is 1.62. The van der Waals surface area contributed by atoms with Gasteiger partial charge in [-0.25, -0.2) is 0 Å². The molecule has 0 saturated carbocycles. The lowest BCUT2D eigenvalue weighted by Gasteiger charge is -2.17. The number of amides is 1. The number of nitrogens with two attached hydrogens (primary N) is 1. The Kier molecular flexibility index (Phi) is 5.42. The summed E-state index contributed by atoms with van der Waals surface area (Å²) in [4.78, 5) is 14.3. The number of anilines is 1. The van der Waals surface area contributed by atoms with Crippen LogP contribution in [0.25, 0.3) is 0 Å². The lowest BCUT2D eigenvalue weighted by molar-refractivity contribution is -0.118. The van der Waals surface area contributed by atoms with Gasteiger partial charge in [-0.05, 0) is 30.2 Å². The van der Waals surface area contributed by atoms with Gasteiger partial charge in [0.1, 0.15) is 0 Å². The van der Waals surface area contributed by atoms with Crippen molar-refractivity contribution in [2.75, 3.05) is 5.32 Å². The first-order valence-corrected chi connectivity index (χ1v) is 7.78. The van der Waals surface area contributed by atoms with Crippen molar-refractivity contribution in [3.05, 3.63) is 54.6 Å². The second-order valence-corrected chi connectivity index (χ2v) is 6.29. The minimum Gasteiger partial charge on any atom is -0.324 e. The maximum Gasteiger partial charge on any atom is 0.241 e. The molecule has 0 fully saturated rings. The highest BCUT2D eigenvalue weighted by Crippen LogP contribution is 2.33. The molecule has 1 amide bonds. The van der Waals surface area contributed by atoms with E-state index in [1.54, 1.807) is 11.8 Å². The van der Waals surface area contributed by atoms with Crippen LogP contribution in [-0.4, -0.2) is 11.9 Å². The number of benzene rings is 2. The van der Waals surface area contributed by atoms with Crippen LogP contribution in [0.3, 0.4) is 0 Å². The van der Waals surface area contributed by atoms with Crippen LogP contribution in [-0.2, 0) is 4.79 Å². The second-order valence-electron chi connectivity index (χ2n) is 5.17. The highest BCUT2D eigenvalue weighted by molar-refractivity contribution is 7.99. The number of hydrogen-bond donors (Lipinski definition) is 2. The molecular formula is C17H20N2OS. The van der Waals surface area contributed by atoms with Crippen molar-refractivity contribution in [1.29, 1.82) is 0 Å². The van der Waals surface area contributed by atoms with Gasteiger partial charge in [0.2, 0.25) is 5.91 Å². The van der Waals surface area contributed by atoms with E-state index in [0.717, 1.165) is 15.5 Å². The molecule has 4 heteroatoms. The van der Waals surface area contributed by atoms with Gasteiger partial charge in [-0.1, -0.05) is 55.9 Å². The van der Waals surface area contributed by atoms with Gasteiger partial charge in [-0.2, -0.15) is 0 Å². The van der Waals surface area contributed by atoms with E-state index >= 15 is 0 Å². The van der Waals surface area contributed by atoms with Gasteiger partial charge in [-0.3, -0.25) is 4.79 Å². The van der Waals surface area contributed by atoms with Crippen LogP contribution < -0.4 is 11.1 Å². The van der Waals surface area contributed by atoms with Gasteiger partial charge in [0.15, 0.2) is 0 Å². The lowest BCUT2D eigenvalue weighted by atomic mass is 10.1. The molecule has 0 aliphatic heterocycles. The van der Waals surface area contributed by atoms with E-state index in [2.05, 4.69) is 5.32 Å². The summed E-state index contributed by atoms with van der Waals surface area (Å²) in [5, 5.41) is 2.93. The van der Waals surface area contributed by atoms with Crippen molar-refractivity contribution in [3.63, 3.8) is 0 Å². The lowest BCUT2D eigenvalue weighted by Crippen LogP contribution is -2.39. The van der Waals surface area contributed by atoms with Crippen LogP contribution in [0.4, 0.5) is 5.69 Å². The molecule has 3 N–H and O–H groups in total. The van der Waals surface area contributed by atoms with Gasteiger partial charge >= 0.3 is 0 Å². The number of nitrogens with one attached hydrogen (secondary N) is 1.